The molecule has 12 heteroatoms. The summed E-state index contributed by atoms with van der Waals surface area (Å²) in [6, 6.07) is 6.42. The van der Waals surface area contributed by atoms with Gasteiger partial charge in [0, 0.05) is 24.8 Å². The van der Waals surface area contributed by atoms with Crippen LogP contribution in [0.25, 0.3) is 0 Å². The molecule has 1 aromatic carbocycles. The van der Waals surface area contributed by atoms with Crippen molar-refractivity contribution in [3.8, 4) is 0 Å². The highest BCUT2D eigenvalue weighted by molar-refractivity contribution is 5.97. The van der Waals surface area contributed by atoms with E-state index in [9.17, 15) is 19.2 Å². The summed E-state index contributed by atoms with van der Waals surface area (Å²) >= 11 is 0. The highest BCUT2D eigenvalue weighted by Crippen LogP contribution is 2.59. The van der Waals surface area contributed by atoms with Gasteiger partial charge in [0.15, 0.2) is 5.78 Å². The van der Waals surface area contributed by atoms with Crippen molar-refractivity contribution in [1.29, 1.82) is 0 Å². The first-order chi connectivity index (χ1) is 22.6. The first-order valence-corrected chi connectivity index (χ1v) is 16.8. The number of nitrogens with one attached hydrogen (secondary N) is 3. The van der Waals surface area contributed by atoms with E-state index in [1.165, 1.54) is 5.57 Å². The van der Waals surface area contributed by atoms with E-state index >= 15 is 0 Å². The summed E-state index contributed by atoms with van der Waals surface area (Å²) in [5.74, 6) is -1.04. The van der Waals surface area contributed by atoms with Gasteiger partial charge in [0.05, 0.1) is 18.6 Å². The molecule has 3 N–H and O–H groups in total. The van der Waals surface area contributed by atoms with Gasteiger partial charge in [0.2, 0.25) is 11.8 Å². The molecule has 0 bridgehead atoms. The zero-order chi connectivity index (χ0) is 35.3. The Bertz CT molecular complexity index is 1350. The summed E-state index contributed by atoms with van der Waals surface area (Å²) in [5.41, 5.74) is 1.54. The molecule has 1 saturated carbocycles. The Morgan fingerprint density at radius 2 is 1.79 bits per heavy atom. The van der Waals surface area contributed by atoms with Crippen LogP contribution in [0.4, 0.5) is 10.5 Å². The van der Waals surface area contributed by atoms with E-state index < -0.39 is 41.1 Å². The van der Waals surface area contributed by atoms with Crippen LogP contribution in [0.2, 0.25) is 0 Å². The number of carbonyl (C=O) groups excluding carboxylic acids is 4. The Labute approximate surface area is 284 Å². The van der Waals surface area contributed by atoms with E-state index in [2.05, 4.69) is 42.8 Å². The van der Waals surface area contributed by atoms with Crippen LogP contribution >= 0.6 is 0 Å². The maximum Gasteiger partial charge on any atom is 0.407 e. The quantitative estimate of drug-likeness (QED) is 0.184. The van der Waals surface area contributed by atoms with E-state index in [-0.39, 0.29) is 42.7 Å². The lowest BCUT2D eigenvalue weighted by molar-refractivity contribution is -0.135. The number of hydrogen-bond acceptors (Lipinski definition) is 9. The van der Waals surface area contributed by atoms with Gasteiger partial charge in [-0.05, 0) is 71.1 Å². The number of ether oxygens (including phenoxy) is 5. The molecule has 3 aliphatic rings. The highest BCUT2D eigenvalue weighted by atomic mass is 16.6. The first kappa shape index (κ1) is 37.5. The maximum absolute atomic E-state index is 12.8. The number of alkyl carbamates (subject to hydrolysis) is 1. The molecule has 7 atom stereocenters. The number of rotatable bonds is 15. The number of Topliss-reactive ketones (excluding diaryl/α,β-unsaturated/α-hetero) is 1. The molecule has 1 spiro atoms. The minimum atomic E-state index is -0.808. The third kappa shape index (κ3) is 9.64. The number of amides is 3. The van der Waals surface area contributed by atoms with Gasteiger partial charge in [-0.1, -0.05) is 44.6 Å². The second-order valence-electron chi connectivity index (χ2n) is 14.6. The topological polar surface area (TPSA) is 157 Å². The zero-order valence-electron chi connectivity index (χ0n) is 29.6. The fourth-order valence-corrected chi connectivity index (χ4v) is 6.37. The van der Waals surface area contributed by atoms with Gasteiger partial charge < -0.3 is 39.6 Å². The molecule has 48 heavy (non-hydrogen) atoms. The van der Waals surface area contributed by atoms with E-state index in [0.717, 1.165) is 18.4 Å². The Hall–Kier alpha value is -3.32. The number of benzene rings is 1. The van der Waals surface area contributed by atoms with Gasteiger partial charge in [-0.2, -0.15) is 0 Å². The lowest BCUT2D eigenvalue weighted by atomic mass is 9.68. The van der Waals surface area contributed by atoms with Gasteiger partial charge in [-0.3, -0.25) is 14.4 Å². The summed E-state index contributed by atoms with van der Waals surface area (Å²) in [6.45, 7) is 13.7. The van der Waals surface area contributed by atoms with E-state index in [1.807, 2.05) is 12.1 Å². The molecule has 3 fully saturated rings. The third-order valence-electron chi connectivity index (χ3n) is 9.47. The van der Waals surface area contributed by atoms with Crippen LogP contribution in [0, 0.1) is 11.3 Å². The second-order valence-corrected chi connectivity index (χ2v) is 14.6. The Kier molecular flexibility index (Phi) is 12.1. The van der Waals surface area contributed by atoms with Crippen molar-refractivity contribution in [2.75, 3.05) is 38.8 Å². The highest BCUT2D eigenvalue weighted by Gasteiger charge is 2.72. The Morgan fingerprint density at radius 3 is 2.40 bits per heavy atom. The molecule has 2 heterocycles. The van der Waals surface area contributed by atoms with E-state index in [0.29, 0.717) is 31.7 Å². The molecule has 3 amide bonds. The largest absolute Gasteiger partial charge is 0.443 e. The zero-order valence-corrected chi connectivity index (χ0v) is 29.6. The van der Waals surface area contributed by atoms with Crippen molar-refractivity contribution in [3.05, 3.63) is 41.5 Å². The predicted molar refractivity (Wildman–Crippen MR) is 179 cm³/mol. The number of methoxy groups -OCH3 is 1. The SMILES string of the molecule is CO[C@@H]1[C@H](OC(=O)NCCc2ccc(NC(=O)[C@H](C)NC(=O)COCC(=O)C(C)(C)C)cc2)CC[C@]2(CO2)[C@H]1[C@]1(C)O[C@@H]1CC=C(C)C. The summed E-state index contributed by atoms with van der Waals surface area (Å²) < 4.78 is 29.3. The third-order valence-corrected chi connectivity index (χ3v) is 9.47. The summed E-state index contributed by atoms with van der Waals surface area (Å²) in [4.78, 5) is 49.5. The van der Waals surface area contributed by atoms with E-state index in [4.69, 9.17) is 23.7 Å². The van der Waals surface area contributed by atoms with Crippen LogP contribution in [-0.4, -0.2) is 92.7 Å². The molecule has 0 aromatic heterocycles. The van der Waals surface area contributed by atoms with Crippen molar-refractivity contribution in [3.63, 3.8) is 0 Å². The van der Waals surface area contributed by atoms with Crippen molar-refractivity contribution in [2.45, 2.75) is 110 Å². The van der Waals surface area contributed by atoms with Crippen molar-refractivity contribution in [1.82, 2.24) is 10.6 Å². The number of hydrogen-bond donors (Lipinski definition) is 3. The Morgan fingerprint density at radius 1 is 1.10 bits per heavy atom. The average Bonchev–Trinajstić information content (AvgIpc) is 3.93. The number of allylic oxidation sites excluding steroid dienone is 1. The van der Waals surface area contributed by atoms with Gasteiger partial charge >= 0.3 is 6.09 Å². The van der Waals surface area contributed by atoms with Crippen LogP contribution in [0.3, 0.4) is 0 Å². The van der Waals surface area contributed by atoms with Crippen LogP contribution in [0.15, 0.2) is 35.9 Å². The number of anilines is 1. The number of ketones is 1. The molecule has 2 saturated heterocycles. The van der Waals surface area contributed by atoms with Gasteiger partial charge in [0.1, 0.15) is 42.7 Å². The molecule has 0 radical (unpaired) electrons. The van der Waals surface area contributed by atoms with Crippen molar-refractivity contribution in [2.24, 2.45) is 11.3 Å². The van der Waals surface area contributed by atoms with Gasteiger partial charge in [-0.15, -0.1) is 0 Å². The van der Waals surface area contributed by atoms with Gasteiger partial charge in [-0.25, -0.2) is 4.79 Å². The predicted octanol–water partition coefficient (Wildman–Crippen LogP) is 4.11. The molecule has 0 unspecified atom stereocenters. The molecule has 2 aliphatic heterocycles. The van der Waals surface area contributed by atoms with Crippen LogP contribution in [-0.2, 0) is 44.5 Å². The molecule has 1 aliphatic carbocycles. The van der Waals surface area contributed by atoms with Crippen molar-refractivity contribution >= 4 is 29.4 Å². The Balaban J connectivity index is 1.18. The second kappa shape index (κ2) is 15.5. The minimum absolute atomic E-state index is 0.0419. The van der Waals surface area contributed by atoms with Crippen LogP contribution in [0.1, 0.15) is 73.3 Å². The fraction of sp³-hybridized carbons (Fsp3) is 0.667. The number of carbonyl (C=O) groups is 4. The average molecular weight is 672 g/mol. The molecular formula is C36H53N3O9. The van der Waals surface area contributed by atoms with Crippen molar-refractivity contribution < 1.29 is 42.9 Å². The monoisotopic (exact) mass is 671 g/mol. The van der Waals surface area contributed by atoms with Crippen LogP contribution in [0.5, 0.6) is 0 Å². The lowest BCUT2D eigenvalue weighted by Gasteiger charge is -2.42. The summed E-state index contributed by atoms with van der Waals surface area (Å²) in [6.07, 6.45) is 3.84. The molecule has 12 nitrogen and oxygen atoms in total. The minimum Gasteiger partial charge on any atom is -0.443 e. The first-order valence-electron chi connectivity index (χ1n) is 16.8. The smallest absolute Gasteiger partial charge is 0.407 e. The molecule has 1 aromatic rings. The summed E-state index contributed by atoms with van der Waals surface area (Å²) in [7, 11) is 1.65. The maximum atomic E-state index is 12.8. The molecule has 4 rings (SSSR count). The normalized spacial score (nSPS) is 28.2. The number of epoxide rings is 2. The lowest BCUT2D eigenvalue weighted by Crippen LogP contribution is -2.56. The standard InChI is InChI=1S/C36H53N3O9/c1-22(2)9-14-28-35(7,48-28)31-30(44-8)26(15-17-36(31)21-46-36)47-33(43)37-18-16-24-10-12-25(13-11-24)39-32(42)23(3)38-29(41)20-45-19-27(40)34(4,5)6/h9-13,23,26,28,30-31H,14-21H2,1-8H3,(H,37,43)(H,38,41)(H,39,42)/t23-,26+,28+,30+,31+,35+,36-/m0/s1. The summed E-state index contributed by atoms with van der Waals surface area (Å²) in [5, 5.41) is 8.19. The molecular weight excluding hydrogens is 618 g/mol. The van der Waals surface area contributed by atoms with E-state index in [1.54, 1.807) is 46.9 Å². The molecule has 266 valence electrons. The van der Waals surface area contributed by atoms with Gasteiger partial charge in [0.25, 0.3) is 0 Å². The fourth-order valence-electron chi connectivity index (χ4n) is 6.37. The van der Waals surface area contributed by atoms with Crippen LogP contribution < -0.4 is 16.0 Å².